The lowest BCUT2D eigenvalue weighted by Crippen LogP contribution is -2.31. The van der Waals surface area contributed by atoms with E-state index in [9.17, 15) is 13.2 Å². The van der Waals surface area contributed by atoms with Crippen LogP contribution in [0.25, 0.3) is 0 Å². The molecule has 0 aromatic heterocycles. The summed E-state index contributed by atoms with van der Waals surface area (Å²) in [4.78, 5) is 12.3. The number of hydrogen-bond acceptors (Lipinski definition) is 4. The van der Waals surface area contributed by atoms with Crippen molar-refractivity contribution in [2.24, 2.45) is 0 Å². The molecule has 2 rings (SSSR count). The van der Waals surface area contributed by atoms with Gasteiger partial charge in [0.1, 0.15) is 5.75 Å². The molecule has 122 valence electrons. The van der Waals surface area contributed by atoms with E-state index in [1.807, 2.05) is 11.6 Å². The normalized spacial score (nSPS) is 11.1. The van der Waals surface area contributed by atoms with Gasteiger partial charge < -0.3 is 4.74 Å². The largest absolute Gasteiger partial charge is 0.496 e. The molecule has 2 aromatic carbocycles. The Labute approximate surface area is 140 Å². The van der Waals surface area contributed by atoms with Crippen molar-refractivity contribution >= 4 is 27.5 Å². The van der Waals surface area contributed by atoms with E-state index in [4.69, 9.17) is 16.3 Å². The molecule has 1 amide bonds. The van der Waals surface area contributed by atoms with Crippen molar-refractivity contribution in [2.75, 3.05) is 7.11 Å². The Balaban J connectivity index is 2.33. The van der Waals surface area contributed by atoms with Gasteiger partial charge in [-0.05, 0) is 55.3 Å². The fraction of sp³-hybridized carbons (Fsp3) is 0.188. The van der Waals surface area contributed by atoms with E-state index >= 15 is 0 Å². The summed E-state index contributed by atoms with van der Waals surface area (Å²) in [5.41, 5.74) is 1.88. The number of carbonyl (C=O) groups is 1. The molecule has 0 saturated heterocycles. The van der Waals surface area contributed by atoms with Crippen LogP contribution in [0.4, 0.5) is 0 Å². The first-order valence-corrected chi connectivity index (χ1v) is 8.58. The van der Waals surface area contributed by atoms with Gasteiger partial charge in [-0.2, -0.15) is 0 Å². The summed E-state index contributed by atoms with van der Waals surface area (Å²) in [6, 6.07) is 9.01. The molecule has 0 aliphatic carbocycles. The SMILES string of the molecule is COc1cc(Cl)ccc1C(=O)NS(=O)(=O)c1ccc(C)c(C)c1. The fourth-order valence-electron chi connectivity index (χ4n) is 1.97. The number of ether oxygens (including phenoxy) is 1. The van der Waals surface area contributed by atoms with E-state index in [1.54, 1.807) is 13.0 Å². The van der Waals surface area contributed by atoms with E-state index in [2.05, 4.69) is 0 Å². The molecule has 0 radical (unpaired) electrons. The zero-order chi connectivity index (χ0) is 17.2. The predicted octanol–water partition coefficient (Wildman–Crippen LogP) is 3.08. The van der Waals surface area contributed by atoms with E-state index in [-0.39, 0.29) is 16.2 Å². The smallest absolute Gasteiger partial charge is 0.268 e. The Morgan fingerprint density at radius 1 is 1.09 bits per heavy atom. The Bertz CT molecular complexity index is 862. The molecule has 0 heterocycles. The van der Waals surface area contributed by atoms with Gasteiger partial charge in [0.05, 0.1) is 17.6 Å². The van der Waals surface area contributed by atoms with Crippen LogP contribution >= 0.6 is 11.6 Å². The van der Waals surface area contributed by atoms with Crippen LogP contribution in [0.1, 0.15) is 21.5 Å². The molecule has 0 saturated carbocycles. The van der Waals surface area contributed by atoms with Crippen molar-refractivity contribution in [1.82, 2.24) is 4.72 Å². The Kier molecular flexibility index (Phi) is 4.97. The van der Waals surface area contributed by atoms with Gasteiger partial charge in [-0.15, -0.1) is 0 Å². The minimum atomic E-state index is -3.97. The molecule has 2 aromatic rings. The average molecular weight is 354 g/mol. The molecule has 0 aliphatic rings. The molecule has 7 heteroatoms. The van der Waals surface area contributed by atoms with Crippen LogP contribution in [-0.4, -0.2) is 21.4 Å². The standard InChI is InChI=1S/C16H16ClNO4S/c1-10-4-6-13(8-11(10)2)23(20,21)18-16(19)14-7-5-12(17)9-15(14)22-3/h4-9H,1-3H3,(H,18,19). The van der Waals surface area contributed by atoms with Crippen LogP contribution in [0.2, 0.25) is 5.02 Å². The third kappa shape index (κ3) is 3.83. The highest BCUT2D eigenvalue weighted by Gasteiger charge is 2.21. The lowest BCUT2D eigenvalue weighted by atomic mass is 10.1. The number of rotatable bonds is 4. The van der Waals surface area contributed by atoms with Crippen molar-refractivity contribution in [3.05, 3.63) is 58.1 Å². The van der Waals surface area contributed by atoms with Gasteiger partial charge in [0, 0.05) is 5.02 Å². The summed E-state index contributed by atoms with van der Waals surface area (Å²) >= 11 is 5.83. The van der Waals surface area contributed by atoms with E-state index in [0.29, 0.717) is 5.02 Å². The lowest BCUT2D eigenvalue weighted by Gasteiger charge is -2.11. The number of methoxy groups -OCH3 is 1. The van der Waals surface area contributed by atoms with Gasteiger partial charge in [-0.1, -0.05) is 17.7 Å². The monoisotopic (exact) mass is 353 g/mol. The van der Waals surface area contributed by atoms with Crippen LogP contribution < -0.4 is 9.46 Å². The highest BCUT2D eigenvalue weighted by atomic mass is 35.5. The van der Waals surface area contributed by atoms with Gasteiger partial charge in [-0.3, -0.25) is 4.79 Å². The van der Waals surface area contributed by atoms with Gasteiger partial charge in [-0.25, -0.2) is 13.1 Å². The molecule has 0 fully saturated rings. The summed E-state index contributed by atoms with van der Waals surface area (Å²) in [5, 5.41) is 0.385. The lowest BCUT2D eigenvalue weighted by molar-refractivity contribution is 0.0978. The highest BCUT2D eigenvalue weighted by Crippen LogP contribution is 2.23. The molecular weight excluding hydrogens is 338 g/mol. The number of carbonyl (C=O) groups excluding carboxylic acids is 1. The molecule has 0 aliphatic heterocycles. The quantitative estimate of drug-likeness (QED) is 0.916. The first-order valence-electron chi connectivity index (χ1n) is 6.72. The van der Waals surface area contributed by atoms with Crippen LogP contribution in [0.15, 0.2) is 41.3 Å². The topological polar surface area (TPSA) is 72.5 Å². The number of nitrogens with one attached hydrogen (secondary N) is 1. The zero-order valence-electron chi connectivity index (χ0n) is 12.9. The maximum absolute atomic E-state index is 12.3. The van der Waals surface area contributed by atoms with Crippen molar-refractivity contribution in [1.29, 1.82) is 0 Å². The van der Waals surface area contributed by atoms with Gasteiger partial charge in [0.25, 0.3) is 15.9 Å². The second-order valence-corrected chi connectivity index (χ2v) is 7.14. The summed E-state index contributed by atoms with van der Waals surface area (Å²) < 4.78 is 31.8. The van der Waals surface area contributed by atoms with Crippen molar-refractivity contribution in [2.45, 2.75) is 18.7 Å². The zero-order valence-corrected chi connectivity index (χ0v) is 14.5. The number of amides is 1. The number of halogens is 1. The maximum atomic E-state index is 12.3. The van der Waals surface area contributed by atoms with Crippen LogP contribution in [-0.2, 0) is 10.0 Å². The summed E-state index contributed by atoms with van der Waals surface area (Å²) in [7, 11) is -2.59. The van der Waals surface area contributed by atoms with E-state index in [0.717, 1.165) is 11.1 Å². The third-order valence-electron chi connectivity index (χ3n) is 3.42. The summed E-state index contributed by atoms with van der Waals surface area (Å²) in [6.07, 6.45) is 0. The molecule has 5 nitrogen and oxygen atoms in total. The minimum Gasteiger partial charge on any atom is -0.496 e. The van der Waals surface area contributed by atoms with Gasteiger partial charge in [0.15, 0.2) is 0 Å². The van der Waals surface area contributed by atoms with Crippen molar-refractivity contribution < 1.29 is 17.9 Å². The van der Waals surface area contributed by atoms with Gasteiger partial charge >= 0.3 is 0 Å². The van der Waals surface area contributed by atoms with E-state index < -0.39 is 15.9 Å². The molecule has 0 atom stereocenters. The molecule has 0 unspecified atom stereocenters. The molecule has 23 heavy (non-hydrogen) atoms. The second kappa shape index (κ2) is 6.60. The number of sulfonamides is 1. The third-order valence-corrected chi connectivity index (χ3v) is 4.99. The van der Waals surface area contributed by atoms with Crippen molar-refractivity contribution in [3.63, 3.8) is 0 Å². The molecule has 1 N–H and O–H groups in total. The Morgan fingerprint density at radius 3 is 2.39 bits per heavy atom. The molecule has 0 bridgehead atoms. The van der Waals surface area contributed by atoms with Crippen LogP contribution in [0.3, 0.4) is 0 Å². The van der Waals surface area contributed by atoms with Crippen LogP contribution in [0, 0.1) is 13.8 Å². The first kappa shape index (κ1) is 17.3. The number of aryl methyl sites for hydroxylation is 2. The second-order valence-electron chi connectivity index (χ2n) is 5.03. The predicted molar refractivity (Wildman–Crippen MR) is 88.6 cm³/mol. The maximum Gasteiger partial charge on any atom is 0.268 e. The average Bonchev–Trinajstić information content (AvgIpc) is 2.49. The highest BCUT2D eigenvalue weighted by molar-refractivity contribution is 7.90. The Hall–Kier alpha value is -2.05. The fourth-order valence-corrected chi connectivity index (χ4v) is 3.18. The first-order chi connectivity index (χ1) is 10.7. The molecular formula is C16H16ClNO4S. The Morgan fingerprint density at radius 2 is 1.78 bits per heavy atom. The number of hydrogen-bond donors (Lipinski definition) is 1. The molecule has 0 spiro atoms. The summed E-state index contributed by atoms with van der Waals surface area (Å²) in [5.74, 6) is -0.581. The number of benzene rings is 2. The summed E-state index contributed by atoms with van der Waals surface area (Å²) in [6.45, 7) is 3.68. The van der Waals surface area contributed by atoms with Gasteiger partial charge in [0.2, 0.25) is 0 Å². The minimum absolute atomic E-state index is 0.0295. The van der Waals surface area contributed by atoms with Crippen LogP contribution in [0.5, 0.6) is 5.75 Å². The van der Waals surface area contributed by atoms with Crippen molar-refractivity contribution in [3.8, 4) is 5.75 Å². The van der Waals surface area contributed by atoms with E-state index in [1.165, 1.54) is 37.4 Å².